The van der Waals surface area contributed by atoms with Gasteiger partial charge < -0.3 is 16.4 Å². The van der Waals surface area contributed by atoms with Gasteiger partial charge in [0.15, 0.2) is 0 Å². The van der Waals surface area contributed by atoms with Crippen molar-refractivity contribution in [2.75, 3.05) is 6.54 Å². The molecular formula is C12H15N3. The summed E-state index contributed by atoms with van der Waals surface area (Å²) in [6.07, 6.45) is 3.74. The molecule has 3 nitrogen and oxygen atoms in total. The molecule has 1 aliphatic rings. The lowest BCUT2D eigenvalue weighted by Crippen LogP contribution is -2.28. The number of hydrogen-bond acceptors (Lipinski definition) is 3. The molecule has 0 aromatic heterocycles. The van der Waals surface area contributed by atoms with E-state index in [0.29, 0.717) is 0 Å². The van der Waals surface area contributed by atoms with Crippen molar-refractivity contribution >= 4 is 0 Å². The Balaban J connectivity index is 1.96. The molecule has 78 valence electrons. The van der Waals surface area contributed by atoms with E-state index in [1.54, 1.807) is 0 Å². The van der Waals surface area contributed by atoms with E-state index in [9.17, 15) is 0 Å². The molecule has 0 bridgehead atoms. The SMILES string of the molecule is NC1=C(NCc2ccccc2)CNC=C1. The Labute approximate surface area is 89.7 Å². The zero-order valence-electron chi connectivity index (χ0n) is 8.53. The Morgan fingerprint density at radius 1 is 1.27 bits per heavy atom. The summed E-state index contributed by atoms with van der Waals surface area (Å²) in [6, 6.07) is 10.3. The Morgan fingerprint density at radius 2 is 2.07 bits per heavy atom. The van der Waals surface area contributed by atoms with Crippen molar-refractivity contribution in [3.05, 3.63) is 59.6 Å². The smallest absolute Gasteiger partial charge is 0.0563 e. The maximum Gasteiger partial charge on any atom is 0.0563 e. The molecule has 0 unspecified atom stereocenters. The second-order valence-electron chi connectivity index (χ2n) is 3.49. The van der Waals surface area contributed by atoms with Gasteiger partial charge in [-0.25, -0.2) is 0 Å². The highest BCUT2D eigenvalue weighted by molar-refractivity contribution is 5.26. The number of rotatable bonds is 3. The number of hydrogen-bond donors (Lipinski definition) is 3. The van der Waals surface area contributed by atoms with E-state index >= 15 is 0 Å². The molecule has 0 amide bonds. The second kappa shape index (κ2) is 4.55. The molecule has 3 heteroatoms. The number of nitrogens with one attached hydrogen (secondary N) is 2. The van der Waals surface area contributed by atoms with Gasteiger partial charge in [-0.1, -0.05) is 30.3 Å². The summed E-state index contributed by atoms with van der Waals surface area (Å²) >= 11 is 0. The Kier molecular flexibility index (Phi) is 2.93. The standard InChI is InChI=1S/C12H15N3/c13-11-6-7-14-9-12(11)15-8-10-4-2-1-3-5-10/h1-7,14-15H,8-9,13H2. The molecule has 1 heterocycles. The number of dihydropyridines is 1. The zero-order valence-corrected chi connectivity index (χ0v) is 8.53. The molecule has 0 atom stereocenters. The van der Waals surface area contributed by atoms with Gasteiger partial charge in [-0.05, 0) is 17.8 Å². The van der Waals surface area contributed by atoms with Crippen molar-refractivity contribution in [2.24, 2.45) is 5.73 Å². The highest BCUT2D eigenvalue weighted by Gasteiger charge is 2.03. The minimum atomic E-state index is 0.773. The fraction of sp³-hybridized carbons (Fsp3) is 0.167. The zero-order chi connectivity index (χ0) is 10.5. The van der Waals surface area contributed by atoms with Gasteiger partial charge in [0.1, 0.15) is 0 Å². The van der Waals surface area contributed by atoms with Crippen molar-refractivity contribution in [1.29, 1.82) is 0 Å². The molecular weight excluding hydrogens is 186 g/mol. The first-order valence-corrected chi connectivity index (χ1v) is 5.02. The van der Waals surface area contributed by atoms with Gasteiger partial charge in [0, 0.05) is 6.54 Å². The summed E-state index contributed by atoms with van der Waals surface area (Å²) in [4.78, 5) is 0. The number of allylic oxidation sites excluding steroid dienone is 1. The Morgan fingerprint density at radius 3 is 2.80 bits per heavy atom. The predicted molar refractivity (Wildman–Crippen MR) is 61.6 cm³/mol. The van der Waals surface area contributed by atoms with Crippen LogP contribution < -0.4 is 16.4 Å². The molecule has 0 saturated carbocycles. The molecule has 1 aromatic carbocycles. The van der Waals surface area contributed by atoms with Crippen molar-refractivity contribution in [3.8, 4) is 0 Å². The summed E-state index contributed by atoms with van der Waals surface area (Å²) in [5.41, 5.74) is 8.96. The molecule has 0 fully saturated rings. The van der Waals surface area contributed by atoms with Crippen LogP contribution in [0.4, 0.5) is 0 Å². The summed E-state index contributed by atoms with van der Waals surface area (Å²) < 4.78 is 0. The van der Waals surface area contributed by atoms with E-state index in [-0.39, 0.29) is 0 Å². The molecule has 1 aromatic rings. The molecule has 4 N–H and O–H groups in total. The van der Waals surface area contributed by atoms with Crippen LogP contribution in [0.25, 0.3) is 0 Å². The van der Waals surface area contributed by atoms with E-state index < -0.39 is 0 Å². The maximum atomic E-state index is 5.83. The van der Waals surface area contributed by atoms with Gasteiger partial charge in [0.2, 0.25) is 0 Å². The van der Waals surface area contributed by atoms with E-state index in [0.717, 1.165) is 24.5 Å². The largest absolute Gasteiger partial charge is 0.397 e. The fourth-order valence-corrected chi connectivity index (χ4v) is 1.48. The van der Waals surface area contributed by atoms with E-state index in [1.165, 1.54) is 5.56 Å². The van der Waals surface area contributed by atoms with Gasteiger partial charge in [0.05, 0.1) is 17.9 Å². The lowest BCUT2D eigenvalue weighted by Gasteiger charge is -2.16. The Bertz CT molecular complexity index is 379. The molecule has 15 heavy (non-hydrogen) atoms. The van der Waals surface area contributed by atoms with Gasteiger partial charge in [-0.3, -0.25) is 0 Å². The van der Waals surface area contributed by atoms with Gasteiger partial charge in [-0.2, -0.15) is 0 Å². The highest BCUT2D eigenvalue weighted by atomic mass is 15.0. The first kappa shape index (κ1) is 9.65. The normalized spacial score (nSPS) is 14.9. The van der Waals surface area contributed by atoms with Crippen LogP contribution in [-0.4, -0.2) is 6.54 Å². The molecule has 0 aliphatic carbocycles. The van der Waals surface area contributed by atoms with Crippen molar-refractivity contribution in [1.82, 2.24) is 10.6 Å². The monoisotopic (exact) mass is 201 g/mol. The average molecular weight is 201 g/mol. The summed E-state index contributed by atoms with van der Waals surface area (Å²) in [7, 11) is 0. The molecule has 0 radical (unpaired) electrons. The van der Waals surface area contributed by atoms with Gasteiger partial charge >= 0.3 is 0 Å². The first-order valence-electron chi connectivity index (χ1n) is 5.02. The predicted octanol–water partition coefficient (Wildman–Crippen LogP) is 1.06. The molecule has 1 aliphatic heterocycles. The van der Waals surface area contributed by atoms with Crippen LogP contribution >= 0.6 is 0 Å². The summed E-state index contributed by atoms with van der Waals surface area (Å²) in [6.45, 7) is 1.58. The number of nitrogens with two attached hydrogens (primary N) is 1. The van der Waals surface area contributed by atoms with Crippen molar-refractivity contribution < 1.29 is 0 Å². The lowest BCUT2D eigenvalue weighted by molar-refractivity contribution is 0.733. The van der Waals surface area contributed by atoms with Gasteiger partial charge in [0.25, 0.3) is 0 Å². The average Bonchev–Trinajstić information content (AvgIpc) is 2.29. The topological polar surface area (TPSA) is 50.1 Å². The fourth-order valence-electron chi connectivity index (χ4n) is 1.48. The van der Waals surface area contributed by atoms with Crippen LogP contribution in [0.2, 0.25) is 0 Å². The van der Waals surface area contributed by atoms with E-state index in [2.05, 4.69) is 22.8 Å². The van der Waals surface area contributed by atoms with Crippen LogP contribution in [0, 0.1) is 0 Å². The van der Waals surface area contributed by atoms with Crippen LogP contribution in [0.15, 0.2) is 54.0 Å². The summed E-state index contributed by atoms with van der Waals surface area (Å²) in [5, 5.41) is 6.45. The second-order valence-corrected chi connectivity index (χ2v) is 3.49. The van der Waals surface area contributed by atoms with E-state index in [4.69, 9.17) is 5.73 Å². The van der Waals surface area contributed by atoms with Gasteiger partial charge in [-0.15, -0.1) is 0 Å². The molecule has 2 rings (SSSR count). The minimum Gasteiger partial charge on any atom is -0.397 e. The first-order chi connectivity index (χ1) is 7.36. The van der Waals surface area contributed by atoms with Crippen molar-refractivity contribution in [2.45, 2.75) is 6.54 Å². The van der Waals surface area contributed by atoms with Crippen LogP contribution in [0.3, 0.4) is 0 Å². The van der Waals surface area contributed by atoms with Crippen LogP contribution in [0.1, 0.15) is 5.56 Å². The van der Waals surface area contributed by atoms with Crippen LogP contribution in [-0.2, 0) is 6.54 Å². The highest BCUT2D eigenvalue weighted by Crippen LogP contribution is 2.03. The third-order valence-electron chi connectivity index (χ3n) is 2.36. The van der Waals surface area contributed by atoms with Crippen LogP contribution in [0.5, 0.6) is 0 Å². The minimum absolute atomic E-state index is 0.773. The number of benzene rings is 1. The Hall–Kier alpha value is -1.90. The third kappa shape index (κ3) is 2.53. The lowest BCUT2D eigenvalue weighted by atomic mass is 10.2. The summed E-state index contributed by atoms with van der Waals surface area (Å²) in [5.74, 6) is 0. The van der Waals surface area contributed by atoms with Crippen molar-refractivity contribution in [3.63, 3.8) is 0 Å². The quantitative estimate of drug-likeness (QED) is 0.685. The van der Waals surface area contributed by atoms with E-state index in [1.807, 2.05) is 30.5 Å². The maximum absolute atomic E-state index is 5.83. The molecule has 0 saturated heterocycles. The third-order valence-corrected chi connectivity index (χ3v) is 2.36. The molecule has 0 spiro atoms.